The molecule has 0 spiro atoms. The fourth-order valence-corrected chi connectivity index (χ4v) is 2.11. The summed E-state index contributed by atoms with van der Waals surface area (Å²) in [6.07, 6.45) is -0.604. The molecule has 2 aromatic rings. The predicted molar refractivity (Wildman–Crippen MR) is 84.8 cm³/mol. The maximum atomic E-state index is 13.8. The van der Waals surface area contributed by atoms with Crippen LogP contribution in [0.25, 0.3) is 10.9 Å². The van der Waals surface area contributed by atoms with Gasteiger partial charge in [-0.2, -0.15) is 0 Å². The molecule has 0 bridgehead atoms. The smallest absolute Gasteiger partial charge is 0.407 e. The van der Waals surface area contributed by atoms with Gasteiger partial charge in [-0.1, -0.05) is 6.07 Å². The van der Waals surface area contributed by atoms with Crippen LogP contribution in [-0.2, 0) is 11.3 Å². The summed E-state index contributed by atoms with van der Waals surface area (Å²) in [5.41, 5.74) is 0.462. The number of aromatic nitrogens is 1. The molecule has 6 heteroatoms. The number of hydrogen-bond acceptors (Lipinski definition) is 4. The molecule has 0 aliphatic carbocycles. The molecule has 23 heavy (non-hydrogen) atoms. The van der Waals surface area contributed by atoms with E-state index in [4.69, 9.17) is 4.74 Å². The fraction of sp³-hybridized carbons (Fsp3) is 0.353. The molecule has 2 rings (SSSR count). The number of ketones is 1. The number of halogens is 1. The van der Waals surface area contributed by atoms with E-state index in [-0.39, 0.29) is 23.3 Å². The topological polar surface area (TPSA) is 68.3 Å². The Hall–Kier alpha value is -2.50. The number of nitrogens with zero attached hydrogens (tertiary/aromatic N) is 1. The Balaban J connectivity index is 2.30. The van der Waals surface area contributed by atoms with Crippen LogP contribution in [0.5, 0.6) is 0 Å². The molecule has 1 N–H and O–H groups in total. The average molecular weight is 318 g/mol. The number of carbonyl (C=O) groups is 2. The van der Waals surface area contributed by atoms with Crippen molar-refractivity contribution in [1.29, 1.82) is 0 Å². The van der Waals surface area contributed by atoms with Gasteiger partial charge in [0, 0.05) is 10.9 Å². The van der Waals surface area contributed by atoms with Crippen molar-refractivity contribution in [2.45, 2.75) is 39.8 Å². The minimum absolute atomic E-state index is 0.0241. The molecule has 0 aliphatic rings. The van der Waals surface area contributed by atoms with Crippen LogP contribution in [0.3, 0.4) is 0 Å². The van der Waals surface area contributed by atoms with Crippen molar-refractivity contribution in [2.24, 2.45) is 0 Å². The van der Waals surface area contributed by atoms with Crippen LogP contribution >= 0.6 is 0 Å². The molecule has 122 valence electrons. The third-order valence-electron chi connectivity index (χ3n) is 3.06. The summed E-state index contributed by atoms with van der Waals surface area (Å²) in [6, 6.07) is 5.97. The zero-order valence-electron chi connectivity index (χ0n) is 13.6. The first kappa shape index (κ1) is 16.9. The van der Waals surface area contributed by atoms with Crippen molar-refractivity contribution >= 4 is 22.8 Å². The number of nitrogens with one attached hydrogen (secondary N) is 1. The first-order valence-electron chi connectivity index (χ1n) is 7.23. The van der Waals surface area contributed by atoms with Crippen molar-refractivity contribution in [2.75, 3.05) is 0 Å². The summed E-state index contributed by atoms with van der Waals surface area (Å²) >= 11 is 0. The second-order valence-electron chi connectivity index (χ2n) is 6.20. The number of ether oxygens (including phenoxy) is 1. The summed E-state index contributed by atoms with van der Waals surface area (Å²) in [4.78, 5) is 27.8. The Labute approximate surface area is 133 Å². The fourth-order valence-electron chi connectivity index (χ4n) is 2.11. The number of Topliss-reactive ketones (excluding diaryl/α,β-unsaturated/α-hetero) is 1. The molecular weight excluding hydrogens is 299 g/mol. The lowest BCUT2D eigenvalue weighted by atomic mass is 10.1. The van der Waals surface area contributed by atoms with Crippen molar-refractivity contribution < 1.29 is 18.7 Å². The van der Waals surface area contributed by atoms with E-state index in [0.717, 1.165) is 0 Å². The number of rotatable bonds is 3. The maximum absolute atomic E-state index is 13.8. The van der Waals surface area contributed by atoms with Gasteiger partial charge in [-0.05, 0) is 45.9 Å². The van der Waals surface area contributed by atoms with Gasteiger partial charge in [0.15, 0.2) is 5.78 Å². The Kier molecular flexibility index (Phi) is 4.63. The van der Waals surface area contributed by atoms with E-state index >= 15 is 0 Å². The summed E-state index contributed by atoms with van der Waals surface area (Å²) in [6.45, 7) is 6.66. The standard InChI is InChI=1S/C17H19FN2O3/c1-10(21)11-8-12-13(18)6-5-7-14(12)20-15(11)9-19-16(22)23-17(2,3)4/h5-8H,9H2,1-4H3,(H,19,22). The van der Waals surface area contributed by atoms with E-state index in [1.54, 1.807) is 32.9 Å². The number of pyridine rings is 1. The molecule has 0 unspecified atom stereocenters. The number of hydrogen-bond donors (Lipinski definition) is 1. The summed E-state index contributed by atoms with van der Waals surface area (Å²) in [7, 11) is 0. The highest BCUT2D eigenvalue weighted by Gasteiger charge is 2.18. The summed E-state index contributed by atoms with van der Waals surface area (Å²) in [5, 5.41) is 2.84. The monoisotopic (exact) mass is 318 g/mol. The zero-order chi connectivity index (χ0) is 17.2. The quantitative estimate of drug-likeness (QED) is 0.878. The second kappa shape index (κ2) is 6.32. The molecule has 1 amide bonds. The minimum atomic E-state index is -0.618. The van der Waals surface area contributed by atoms with Crippen LogP contribution in [0.2, 0.25) is 0 Å². The SMILES string of the molecule is CC(=O)c1cc2c(F)cccc2nc1CNC(=O)OC(C)(C)C. The van der Waals surface area contributed by atoms with Crippen molar-refractivity contribution in [1.82, 2.24) is 10.3 Å². The normalized spacial score (nSPS) is 11.3. The second-order valence-corrected chi connectivity index (χ2v) is 6.20. The predicted octanol–water partition coefficient (Wildman–Crippen LogP) is 3.60. The number of benzene rings is 1. The Morgan fingerprint density at radius 2 is 2.00 bits per heavy atom. The van der Waals surface area contributed by atoms with E-state index in [1.165, 1.54) is 19.1 Å². The van der Waals surface area contributed by atoms with Crippen LogP contribution in [0.15, 0.2) is 24.3 Å². The van der Waals surface area contributed by atoms with E-state index in [1.807, 2.05) is 0 Å². The van der Waals surface area contributed by atoms with Crippen LogP contribution in [0, 0.1) is 5.82 Å². The molecule has 0 saturated heterocycles. The minimum Gasteiger partial charge on any atom is -0.444 e. The molecular formula is C17H19FN2O3. The Bertz CT molecular complexity index is 766. The van der Waals surface area contributed by atoms with Gasteiger partial charge in [0.05, 0.1) is 17.8 Å². The lowest BCUT2D eigenvalue weighted by Crippen LogP contribution is -2.32. The van der Waals surface area contributed by atoms with Crippen LogP contribution in [-0.4, -0.2) is 22.5 Å². The number of alkyl carbamates (subject to hydrolysis) is 1. The number of amides is 1. The van der Waals surface area contributed by atoms with E-state index < -0.39 is 17.5 Å². The molecule has 1 heterocycles. The van der Waals surface area contributed by atoms with Gasteiger partial charge in [-0.3, -0.25) is 9.78 Å². The zero-order valence-corrected chi connectivity index (χ0v) is 13.6. The molecule has 0 aliphatic heterocycles. The van der Waals surface area contributed by atoms with Gasteiger partial charge >= 0.3 is 6.09 Å². The molecule has 0 saturated carbocycles. The summed E-state index contributed by atoms with van der Waals surface area (Å²) in [5.74, 6) is -0.687. The van der Waals surface area contributed by atoms with Gasteiger partial charge in [-0.15, -0.1) is 0 Å². The van der Waals surface area contributed by atoms with Crippen molar-refractivity contribution in [3.63, 3.8) is 0 Å². The number of carbonyl (C=O) groups excluding carboxylic acids is 2. The van der Waals surface area contributed by atoms with Crippen LogP contribution in [0.4, 0.5) is 9.18 Å². The van der Waals surface area contributed by atoms with Gasteiger partial charge in [0.1, 0.15) is 11.4 Å². The molecule has 1 aromatic heterocycles. The van der Waals surface area contributed by atoms with Gasteiger partial charge in [-0.25, -0.2) is 9.18 Å². The van der Waals surface area contributed by atoms with Crippen molar-refractivity contribution in [3.8, 4) is 0 Å². The van der Waals surface area contributed by atoms with Crippen LogP contribution < -0.4 is 5.32 Å². The van der Waals surface area contributed by atoms with Gasteiger partial charge in [0.2, 0.25) is 0 Å². The third-order valence-corrected chi connectivity index (χ3v) is 3.06. The molecule has 1 aromatic carbocycles. The van der Waals surface area contributed by atoms with E-state index in [2.05, 4.69) is 10.3 Å². The molecule has 0 atom stereocenters. The maximum Gasteiger partial charge on any atom is 0.407 e. The lowest BCUT2D eigenvalue weighted by molar-refractivity contribution is 0.0522. The highest BCUT2D eigenvalue weighted by molar-refractivity contribution is 5.98. The highest BCUT2D eigenvalue weighted by Crippen LogP contribution is 2.20. The Morgan fingerprint density at radius 3 is 2.61 bits per heavy atom. The first-order chi connectivity index (χ1) is 10.7. The van der Waals surface area contributed by atoms with E-state index in [9.17, 15) is 14.0 Å². The number of fused-ring (bicyclic) bond motifs is 1. The lowest BCUT2D eigenvalue weighted by Gasteiger charge is -2.20. The largest absolute Gasteiger partial charge is 0.444 e. The van der Waals surface area contributed by atoms with Crippen LogP contribution in [0.1, 0.15) is 43.7 Å². The molecule has 0 fully saturated rings. The molecule has 5 nitrogen and oxygen atoms in total. The summed E-state index contributed by atoms with van der Waals surface area (Å²) < 4.78 is 19.0. The van der Waals surface area contributed by atoms with Crippen molar-refractivity contribution in [3.05, 3.63) is 41.3 Å². The average Bonchev–Trinajstić information content (AvgIpc) is 2.42. The molecule has 0 radical (unpaired) electrons. The first-order valence-corrected chi connectivity index (χ1v) is 7.23. The van der Waals surface area contributed by atoms with Gasteiger partial charge in [0.25, 0.3) is 0 Å². The van der Waals surface area contributed by atoms with E-state index in [0.29, 0.717) is 11.2 Å². The Morgan fingerprint density at radius 1 is 1.30 bits per heavy atom. The highest BCUT2D eigenvalue weighted by atomic mass is 19.1. The van der Waals surface area contributed by atoms with Gasteiger partial charge < -0.3 is 10.1 Å². The third kappa shape index (κ3) is 4.25.